The van der Waals surface area contributed by atoms with E-state index in [1.54, 1.807) is 26.0 Å². The Morgan fingerprint density at radius 2 is 1.85 bits per heavy atom. The van der Waals surface area contributed by atoms with Crippen LogP contribution in [0.15, 0.2) is 41.3 Å². The van der Waals surface area contributed by atoms with Crippen molar-refractivity contribution in [3.05, 3.63) is 52.5 Å². The highest BCUT2D eigenvalue weighted by Crippen LogP contribution is 2.27. The van der Waals surface area contributed by atoms with E-state index in [9.17, 15) is 18.3 Å². The van der Waals surface area contributed by atoms with E-state index in [1.807, 2.05) is 6.92 Å². The SMILES string of the molecule is Cc1ccc(NC(=O)c2cc(S(=O)(=O)N(C)C(C)C)ccc2Cl)c(O)c1. The first kappa shape index (κ1) is 20.2. The number of halogens is 1. The van der Waals surface area contributed by atoms with Gasteiger partial charge < -0.3 is 10.4 Å². The summed E-state index contributed by atoms with van der Waals surface area (Å²) in [5.41, 5.74) is 1.05. The highest BCUT2D eigenvalue weighted by atomic mass is 35.5. The van der Waals surface area contributed by atoms with E-state index in [0.29, 0.717) is 0 Å². The highest BCUT2D eigenvalue weighted by molar-refractivity contribution is 7.89. The fourth-order valence-corrected chi connectivity index (χ4v) is 3.82. The van der Waals surface area contributed by atoms with Gasteiger partial charge in [-0.3, -0.25) is 4.79 Å². The standard InChI is InChI=1S/C18H21ClN2O4S/c1-11(2)21(4)26(24,25)13-6-7-15(19)14(10-13)18(23)20-16-8-5-12(3)9-17(16)22/h5-11,22H,1-4H3,(H,20,23). The molecule has 2 aromatic rings. The Bertz CT molecular complexity index is 942. The molecule has 2 aromatic carbocycles. The van der Waals surface area contributed by atoms with E-state index in [2.05, 4.69) is 5.32 Å². The van der Waals surface area contributed by atoms with Crippen LogP contribution in [0.4, 0.5) is 5.69 Å². The zero-order chi connectivity index (χ0) is 19.6. The number of amides is 1. The van der Waals surface area contributed by atoms with Crippen molar-refractivity contribution in [3.8, 4) is 5.75 Å². The molecule has 0 aliphatic rings. The number of sulfonamides is 1. The van der Waals surface area contributed by atoms with E-state index >= 15 is 0 Å². The predicted octanol–water partition coefficient (Wildman–Crippen LogP) is 3.64. The fraction of sp³-hybridized carbons (Fsp3) is 0.278. The maximum absolute atomic E-state index is 12.6. The number of hydrogen-bond donors (Lipinski definition) is 2. The van der Waals surface area contributed by atoms with Crippen LogP contribution in [0.5, 0.6) is 5.75 Å². The summed E-state index contributed by atoms with van der Waals surface area (Å²) in [7, 11) is -2.28. The second-order valence-corrected chi connectivity index (χ2v) is 8.64. The minimum Gasteiger partial charge on any atom is -0.506 e. The third-order valence-electron chi connectivity index (χ3n) is 3.99. The van der Waals surface area contributed by atoms with Crippen LogP contribution in [-0.4, -0.2) is 36.8 Å². The van der Waals surface area contributed by atoms with Gasteiger partial charge in [0.25, 0.3) is 5.91 Å². The lowest BCUT2D eigenvalue weighted by atomic mass is 10.2. The van der Waals surface area contributed by atoms with Gasteiger partial charge >= 0.3 is 0 Å². The van der Waals surface area contributed by atoms with Gasteiger partial charge in [0.05, 0.1) is 21.2 Å². The monoisotopic (exact) mass is 396 g/mol. The second kappa shape index (κ2) is 7.65. The maximum atomic E-state index is 12.6. The Morgan fingerprint density at radius 3 is 2.42 bits per heavy atom. The Hall–Kier alpha value is -2.09. The Labute approximate surface area is 158 Å². The van der Waals surface area contributed by atoms with Gasteiger partial charge in [0.15, 0.2) is 0 Å². The lowest BCUT2D eigenvalue weighted by Crippen LogP contribution is -2.33. The number of aryl methyl sites for hydroxylation is 1. The number of hydrogen-bond acceptors (Lipinski definition) is 4. The van der Waals surface area contributed by atoms with E-state index < -0.39 is 15.9 Å². The van der Waals surface area contributed by atoms with Gasteiger partial charge in [-0.1, -0.05) is 17.7 Å². The molecule has 0 aliphatic carbocycles. The number of aromatic hydroxyl groups is 1. The molecular weight excluding hydrogens is 376 g/mol. The fourth-order valence-electron chi connectivity index (χ4n) is 2.22. The van der Waals surface area contributed by atoms with Crippen molar-refractivity contribution in [2.24, 2.45) is 0 Å². The molecule has 1 amide bonds. The minimum absolute atomic E-state index is 0.00451. The largest absolute Gasteiger partial charge is 0.506 e. The van der Waals surface area contributed by atoms with E-state index in [-0.39, 0.29) is 33.0 Å². The lowest BCUT2D eigenvalue weighted by Gasteiger charge is -2.21. The van der Waals surface area contributed by atoms with Crippen LogP contribution in [-0.2, 0) is 10.0 Å². The maximum Gasteiger partial charge on any atom is 0.257 e. The number of phenols is 1. The predicted molar refractivity (Wildman–Crippen MR) is 102 cm³/mol. The molecule has 0 aliphatic heterocycles. The molecule has 2 rings (SSSR count). The van der Waals surface area contributed by atoms with Crippen LogP contribution in [0.1, 0.15) is 29.8 Å². The van der Waals surface area contributed by atoms with Crippen molar-refractivity contribution in [1.29, 1.82) is 0 Å². The Morgan fingerprint density at radius 1 is 1.19 bits per heavy atom. The molecule has 0 fully saturated rings. The summed E-state index contributed by atoms with van der Waals surface area (Å²) in [6.45, 7) is 5.31. The smallest absolute Gasteiger partial charge is 0.257 e. The van der Waals surface area contributed by atoms with Gasteiger partial charge in [-0.25, -0.2) is 8.42 Å². The molecule has 0 aromatic heterocycles. The summed E-state index contributed by atoms with van der Waals surface area (Å²) >= 11 is 6.08. The number of anilines is 1. The number of benzene rings is 2. The summed E-state index contributed by atoms with van der Waals surface area (Å²) in [4.78, 5) is 12.5. The minimum atomic E-state index is -3.75. The number of phenolic OH excluding ortho intramolecular Hbond substituents is 1. The summed E-state index contributed by atoms with van der Waals surface area (Å²) in [6.07, 6.45) is 0. The molecule has 0 bridgehead atoms. The highest BCUT2D eigenvalue weighted by Gasteiger charge is 2.25. The molecule has 6 nitrogen and oxygen atoms in total. The molecule has 0 heterocycles. The third kappa shape index (κ3) is 4.17. The van der Waals surface area contributed by atoms with E-state index in [4.69, 9.17) is 11.6 Å². The summed E-state index contributed by atoms with van der Waals surface area (Å²) in [5, 5.41) is 12.6. The quantitative estimate of drug-likeness (QED) is 0.755. The topological polar surface area (TPSA) is 86.7 Å². The van der Waals surface area contributed by atoms with Gasteiger partial charge in [0, 0.05) is 13.1 Å². The van der Waals surface area contributed by atoms with Crippen LogP contribution in [0.3, 0.4) is 0 Å². The molecule has 0 radical (unpaired) electrons. The molecule has 140 valence electrons. The first-order valence-corrected chi connectivity index (χ1v) is 9.74. The summed E-state index contributed by atoms with van der Waals surface area (Å²) in [6, 6.07) is 8.52. The molecule has 0 saturated carbocycles. The molecule has 2 N–H and O–H groups in total. The van der Waals surface area contributed by atoms with E-state index in [1.165, 1.54) is 35.6 Å². The van der Waals surface area contributed by atoms with Gasteiger partial charge in [-0.05, 0) is 56.7 Å². The third-order valence-corrected chi connectivity index (χ3v) is 6.35. The average Bonchev–Trinajstić information content (AvgIpc) is 2.56. The van der Waals surface area contributed by atoms with Crippen molar-refractivity contribution in [1.82, 2.24) is 4.31 Å². The number of nitrogens with one attached hydrogen (secondary N) is 1. The lowest BCUT2D eigenvalue weighted by molar-refractivity contribution is 0.102. The van der Waals surface area contributed by atoms with Gasteiger partial charge in [-0.2, -0.15) is 4.31 Å². The van der Waals surface area contributed by atoms with Gasteiger partial charge in [0.1, 0.15) is 5.75 Å². The van der Waals surface area contributed by atoms with Crippen molar-refractivity contribution < 1.29 is 18.3 Å². The van der Waals surface area contributed by atoms with Crippen molar-refractivity contribution >= 4 is 33.2 Å². The van der Waals surface area contributed by atoms with Gasteiger partial charge in [-0.15, -0.1) is 0 Å². The first-order valence-electron chi connectivity index (χ1n) is 7.92. The van der Waals surface area contributed by atoms with Crippen molar-refractivity contribution in [2.45, 2.75) is 31.7 Å². The van der Waals surface area contributed by atoms with E-state index in [0.717, 1.165) is 5.56 Å². The normalized spacial score (nSPS) is 11.8. The van der Waals surface area contributed by atoms with Crippen LogP contribution >= 0.6 is 11.6 Å². The van der Waals surface area contributed by atoms with Crippen LogP contribution in [0, 0.1) is 6.92 Å². The zero-order valence-corrected chi connectivity index (χ0v) is 16.5. The Kier molecular flexibility index (Phi) is 5.95. The van der Waals surface area contributed by atoms with Crippen LogP contribution < -0.4 is 5.32 Å². The molecule has 0 atom stereocenters. The molecule has 8 heteroatoms. The summed E-state index contributed by atoms with van der Waals surface area (Å²) < 4.78 is 26.5. The van der Waals surface area contributed by atoms with Crippen molar-refractivity contribution in [2.75, 3.05) is 12.4 Å². The van der Waals surface area contributed by atoms with Crippen LogP contribution in [0.2, 0.25) is 5.02 Å². The van der Waals surface area contributed by atoms with Crippen LogP contribution in [0.25, 0.3) is 0 Å². The number of carbonyl (C=O) groups is 1. The number of nitrogens with zero attached hydrogens (tertiary/aromatic N) is 1. The number of rotatable bonds is 5. The zero-order valence-electron chi connectivity index (χ0n) is 14.9. The molecule has 26 heavy (non-hydrogen) atoms. The summed E-state index contributed by atoms with van der Waals surface area (Å²) in [5.74, 6) is -0.698. The van der Waals surface area contributed by atoms with Gasteiger partial charge in [0.2, 0.25) is 10.0 Å². The molecule has 0 saturated heterocycles. The molecule has 0 unspecified atom stereocenters. The average molecular weight is 397 g/mol. The Balaban J connectivity index is 2.39. The molecular formula is C18H21ClN2O4S. The van der Waals surface area contributed by atoms with Crippen molar-refractivity contribution in [3.63, 3.8) is 0 Å². The first-order chi connectivity index (χ1) is 12.0. The second-order valence-electron chi connectivity index (χ2n) is 6.23. The molecule has 0 spiro atoms. The number of carbonyl (C=O) groups excluding carboxylic acids is 1.